The molecule has 0 fully saturated rings. The van der Waals surface area contributed by atoms with Gasteiger partial charge in [-0.25, -0.2) is 0 Å². The molecule has 23 heavy (non-hydrogen) atoms. The third-order valence-electron chi connectivity index (χ3n) is 2.85. The zero-order valence-corrected chi connectivity index (χ0v) is 14.2. The van der Waals surface area contributed by atoms with Gasteiger partial charge in [-0.2, -0.15) is 5.10 Å². The monoisotopic (exact) mass is 376 g/mol. The van der Waals surface area contributed by atoms with E-state index < -0.39 is 0 Å². The molecule has 4 N–H and O–H groups in total. The van der Waals surface area contributed by atoms with Crippen molar-refractivity contribution in [3.05, 3.63) is 58.1 Å². The fourth-order valence-electron chi connectivity index (χ4n) is 1.84. The average molecular weight is 377 g/mol. The number of guanidine groups is 1. The van der Waals surface area contributed by atoms with Gasteiger partial charge in [0.1, 0.15) is 6.61 Å². The van der Waals surface area contributed by atoms with Crippen LogP contribution in [0.1, 0.15) is 11.1 Å². The van der Waals surface area contributed by atoms with Gasteiger partial charge < -0.3 is 20.9 Å². The molecule has 0 aliphatic carbocycles. The minimum absolute atomic E-state index is 0.0964. The second-order valence-electron chi connectivity index (χ2n) is 4.60. The van der Waals surface area contributed by atoms with E-state index in [1.54, 1.807) is 13.2 Å². The van der Waals surface area contributed by atoms with Gasteiger partial charge in [-0.05, 0) is 41.5 Å². The number of ether oxygens (including phenoxy) is 2. The average Bonchev–Trinajstić information content (AvgIpc) is 2.53. The second-order valence-corrected chi connectivity index (χ2v) is 5.51. The summed E-state index contributed by atoms with van der Waals surface area (Å²) in [5.74, 6) is 1.15. The Morgan fingerprint density at radius 2 is 2.00 bits per heavy atom. The van der Waals surface area contributed by atoms with Gasteiger partial charge in [-0.1, -0.05) is 28.1 Å². The predicted octanol–water partition coefficient (Wildman–Crippen LogP) is 2.64. The van der Waals surface area contributed by atoms with Crippen LogP contribution in [-0.4, -0.2) is 19.3 Å². The topological polar surface area (TPSA) is 95.2 Å². The Hall–Kier alpha value is -2.54. The number of rotatable bonds is 6. The lowest BCUT2D eigenvalue weighted by Crippen LogP contribution is -2.21. The molecule has 0 radical (unpaired) electrons. The highest BCUT2D eigenvalue weighted by atomic mass is 79.9. The Balaban J connectivity index is 2.15. The fraction of sp³-hybridized carbons (Fsp3) is 0.125. The summed E-state index contributed by atoms with van der Waals surface area (Å²) in [6.45, 7) is 0.421. The first-order chi connectivity index (χ1) is 11.1. The molecule has 2 rings (SSSR count). The van der Waals surface area contributed by atoms with Gasteiger partial charge >= 0.3 is 0 Å². The van der Waals surface area contributed by atoms with Crippen molar-refractivity contribution in [2.75, 3.05) is 7.11 Å². The highest BCUT2D eigenvalue weighted by Gasteiger charge is 2.06. The van der Waals surface area contributed by atoms with Crippen molar-refractivity contribution in [1.29, 1.82) is 0 Å². The van der Waals surface area contributed by atoms with E-state index in [-0.39, 0.29) is 5.96 Å². The number of hydrogen-bond acceptors (Lipinski definition) is 4. The smallest absolute Gasteiger partial charge is 0.211 e. The van der Waals surface area contributed by atoms with Crippen LogP contribution in [0.2, 0.25) is 0 Å². The third-order valence-corrected chi connectivity index (χ3v) is 3.34. The van der Waals surface area contributed by atoms with Gasteiger partial charge in [0.05, 0.1) is 13.3 Å². The number of methoxy groups -OCH3 is 1. The highest BCUT2D eigenvalue weighted by molar-refractivity contribution is 9.10. The maximum Gasteiger partial charge on any atom is 0.211 e. The summed E-state index contributed by atoms with van der Waals surface area (Å²) in [5.41, 5.74) is 12.3. The molecular formula is C16H17BrN4O2. The molecule has 2 aromatic rings. The van der Waals surface area contributed by atoms with Crippen molar-refractivity contribution in [3.8, 4) is 11.5 Å². The van der Waals surface area contributed by atoms with Crippen LogP contribution in [0.4, 0.5) is 0 Å². The molecule has 120 valence electrons. The van der Waals surface area contributed by atoms with E-state index >= 15 is 0 Å². The van der Waals surface area contributed by atoms with E-state index in [4.69, 9.17) is 20.9 Å². The molecule has 0 aliphatic heterocycles. The molecule has 2 aromatic carbocycles. The number of hydrogen-bond donors (Lipinski definition) is 2. The summed E-state index contributed by atoms with van der Waals surface area (Å²) >= 11 is 3.44. The number of benzene rings is 2. The maximum absolute atomic E-state index is 5.84. The van der Waals surface area contributed by atoms with Crippen molar-refractivity contribution in [2.45, 2.75) is 6.61 Å². The molecule has 0 saturated heterocycles. The van der Waals surface area contributed by atoms with Gasteiger partial charge in [0.2, 0.25) is 5.96 Å². The van der Waals surface area contributed by atoms with E-state index in [1.165, 1.54) is 6.21 Å². The number of nitrogens with two attached hydrogens (primary N) is 2. The Labute approximate surface area is 142 Å². The quantitative estimate of drug-likeness (QED) is 0.460. The van der Waals surface area contributed by atoms with Crippen LogP contribution in [0.15, 0.2) is 57.1 Å². The number of nitrogens with zero attached hydrogens (tertiary/aromatic N) is 2. The number of halogens is 1. The summed E-state index contributed by atoms with van der Waals surface area (Å²) in [5, 5.41) is 7.34. The lowest BCUT2D eigenvalue weighted by molar-refractivity contribution is 0.284. The minimum Gasteiger partial charge on any atom is -0.493 e. The molecule has 0 heterocycles. The molecule has 0 aromatic heterocycles. The molecule has 0 atom stereocenters. The van der Waals surface area contributed by atoms with Crippen molar-refractivity contribution >= 4 is 28.1 Å². The van der Waals surface area contributed by atoms with Crippen molar-refractivity contribution in [2.24, 2.45) is 21.7 Å². The van der Waals surface area contributed by atoms with Gasteiger partial charge in [-0.3, -0.25) is 0 Å². The minimum atomic E-state index is -0.0964. The van der Waals surface area contributed by atoms with Crippen LogP contribution < -0.4 is 20.9 Å². The maximum atomic E-state index is 5.84. The Bertz CT molecular complexity index is 728. The largest absolute Gasteiger partial charge is 0.493 e. The van der Waals surface area contributed by atoms with Crippen LogP contribution in [0.25, 0.3) is 0 Å². The summed E-state index contributed by atoms with van der Waals surface area (Å²) in [6.07, 6.45) is 1.53. The zero-order valence-electron chi connectivity index (χ0n) is 12.6. The van der Waals surface area contributed by atoms with Crippen LogP contribution in [0.5, 0.6) is 11.5 Å². The van der Waals surface area contributed by atoms with E-state index in [0.717, 1.165) is 15.6 Å². The van der Waals surface area contributed by atoms with Gasteiger partial charge in [0.15, 0.2) is 11.5 Å². The van der Waals surface area contributed by atoms with Gasteiger partial charge in [-0.15, -0.1) is 5.10 Å². The molecule has 0 amide bonds. The van der Waals surface area contributed by atoms with Crippen molar-refractivity contribution in [1.82, 2.24) is 0 Å². The van der Waals surface area contributed by atoms with Gasteiger partial charge in [0.25, 0.3) is 0 Å². The summed E-state index contributed by atoms with van der Waals surface area (Å²) in [6, 6.07) is 13.3. The van der Waals surface area contributed by atoms with E-state index in [0.29, 0.717) is 18.1 Å². The summed E-state index contributed by atoms with van der Waals surface area (Å²) in [7, 11) is 1.59. The van der Waals surface area contributed by atoms with Gasteiger partial charge in [0, 0.05) is 4.47 Å². The van der Waals surface area contributed by atoms with Crippen LogP contribution in [0, 0.1) is 0 Å². The van der Waals surface area contributed by atoms with E-state index in [9.17, 15) is 0 Å². The third kappa shape index (κ3) is 5.30. The molecule has 0 bridgehead atoms. The normalized spacial score (nSPS) is 10.5. The molecular weight excluding hydrogens is 360 g/mol. The molecule has 7 heteroatoms. The Morgan fingerprint density at radius 3 is 2.70 bits per heavy atom. The molecule has 0 unspecified atom stereocenters. The second kappa shape index (κ2) is 8.19. The van der Waals surface area contributed by atoms with Crippen molar-refractivity contribution in [3.63, 3.8) is 0 Å². The van der Waals surface area contributed by atoms with Crippen LogP contribution in [0.3, 0.4) is 0 Å². The first-order valence-corrected chi connectivity index (χ1v) is 7.55. The van der Waals surface area contributed by atoms with Crippen molar-refractivity contribution < 1.29 is 9.47 Å². The lowest BCUT2D eigenvalue weighted by Gasteiger charge is -2.11. The fourth-order valence-corrected chi connectivity index (χ4v) is 2.28. The summed E-state index contributed by atoms with van der Waals surface area (Å²) < 4.78 is 12.2. The van der Waals surface area contributed by atoms with Crippen LogP contribution >= 0.6 is 15.9 Å². The molecule has 6 nitrogen and oxygen atoms in total. The Morgan fingerprint density at radius 1 is 1.17 bits per heavy atom. The SMILES string of the molecule is COc1ccc(C=NN=C(N)N)cc1OCc1cccc(Br)c1. The summed E-state index contributed by atoms with van der Waals surface area (Å²) in [4.78, 5) is 0. The lowest BCUT2D eigenvalue weighted by atomic mass is 10.2. The molecule has 0 spiro atoms. The predicted molar refractivity (Wildman–Crippen MR) is 94.9 cm³/mol. The first-order valence-electron chi connectivity index (χ1n) is 6.75. The Kier molecular flexibility index (Phi) is 5.99. The van der Waals surface area contributed by atoms with E-state index in [1.807, 2.05) is 36.4 Å². The molecule has 0 saturated carbocycles. The highest BCUT2D eigenvalue weighted by Crippen LogP contribution is 2.28. The zero-order chi connectivity index (χ0) is 16.7. The first kappa shape index (κ1) is 16.8. The molecule has 0 aliphatic rings. The standard InChI is InChI=1S/C16H17BrN4O2/c1-22-14-6-5-11(9-20-21-16(18)19)8-15(14)23-10-12-3-2-4-13(17)7-12/h2-9H,10H2,1H3,(H4,18,19,21). The van der Waals surface area contributed by atoms with Crippen LogP contribution in [-0.2, 0) is 6.61 Å². The van der Waals surface area contributed by atoms with E-state index in [2.05, 4.69) is 26.1 Å².